The minimum Gasteiger partial charge on any atom is -0.379 e. The Morgan fingerprint density at radius 3 is 2.86 bits per heavy atom. The molecular weight excluding hydrogens is 403 g/mol. The van der Waals surface area contributed by atoms with Crippen LogP contribution in [0.2, 0.25) is 0 Å². The molecule has 9 heteroatoms. The number of likely N-dealkylation sites (tertiary alicyclic amines) is 1. The molecule has 29 heavy (non-hydrogen) atoms. The molecule has 156 valence electrons. The first kappa shape index (κ1) is 20.3. The minimum atomic E-state index is -4.35. The molecule has 2 fully saturated rings. The summed E-state index contributed by atoms with van der Waals surface area (Å²) >= 11 is 1.52. The van der Waals surface area contributed by atoms with Gasteiger partial charge in [0.05, 0.1) is 30.8 Å². The van der Waals surface area contributed by atoms with Crippen LogP contribution in [0.4, 0.5) is 13.2 Å². The molecule has 0 saturated carbocycles. The quantitative estimate of drug-likeness (QED) is 0.753. The van der Waals surface area contributed by atoms with E-state index in [0.29, 0.717) is 57.9 Å². The Labute approximate surface area is 171 Å². The third kappa shape index (κ3) is 4.79. The number of thiazole rings is 1. The number of hydrogen-bond donors (Lipinski definition) is 0. The van der Waals surface area contributed by atoms with Crippen LogP contribution in [0.1, 0.15) is 22.4 Å². The van der Waals surface area contributed by atoms with Crippen molar-refractivity contribution in [1.82, 2.24) is 14.8 Å². The zero-order chi connectivity index (χ0) is 20.5. The first-order valence-electron chi connectivity index (χ1n) is 9.44. The fraction of sp³-hybridized carbons (Fsp3) is 0.500. The van der Waals surface area contributed by atoms with Gasteiger partial charge >= 0.3 is 6.18 Å². The van der Waals surface area contributed by atoms with Crippen molar-refractivity contribution >= 4 is 17.2 Å². The van der Waals surface area contributed by atoms with Gasteiger partial charge in [0.25, 0.3) is 0 Å². The highest BCUT2D eigenvalue weighted by Crippen LogP contribution is 2.36. The van der Waals surface area contributed by atoms with Gasteiger partial charge in [-0.25, -0.2) is 0 Å². The standard InChI is InChI=1S/C20H22F3N3O2S/c21-20(22,23)16-3-1-2-15(6-16)9-25-4-5-28-13-19(11-25)7-18(27)26(12-19)10-17-8-24-14-29-17/h1-3,6,8,14H,4-5,7,9-13H2/t19-/m1/s1. The Bertz CT molecular complexity index is 859. The Balaban J connectivity index is 1.46. The van der Waals surface area contributed by atoms with Gasteiger partial charge in [-0.15, -0.1) is 11.3 Å². The second kappa shape index (κ2) is 8.04. The maximum absolute atomic E-state index is 13.0. The van der Waals surface area contributed by atoms with Gasteiger partial charge in [0.1, 0.15) is 0 Å². The van der Waals surface area contributed by atoms with Gasteiger partial charge in [0, 0.05) is 49.1 Å². The molecule has 2 aliphatic heterocycles. The maximum Gasteiger partial charge on any atom is 0.416 e. The van der Waals surface area contributed by atoms with Crippen molar-refractivity contribution in [1.29, 1.82) is 0 Å². The van der Waals surface area contributed by atoms with Crippen LogP contribution >= 0.6 is 11.3 Å². The van der Waals surface area contributed by atoms with Crippen LogP contribution in [0.5, 0.6) is 0 Å². The van der Waals surface area contributed by atoms with E-state index in [4.69, 9.17) is 4.74 Å². The summed E-state index contributed by atoms with van der Waals surface area (Å²) in [5, 5.41) is 0. The van der Waals surface area contributed by atoms with Crippen LogP contribution in [-0.2, 0) is 28.8 Å². The van der Waals surface area contributed by atoms with E-state index in [1.807, 2.05) is 4.90 Å². The van der Waals surface area contributed by atoms with Crippen molar-refractivity contribution in [2.24, 2.45) is 5.41 Å². The number of ether oxygens (including phenoxy) is 1. The Morgan fingerprint density at radius 1 is 1.24 bits per heavy atom. The average Bonchev–Trinajstić information content (AvgIpc) is 3.21. The van der Waals surface area contributed by atoms with Crippen LogP contribution in [0.3, 0.4) is 0 Å². The number of nitrogens with zero attached hydrogens (tertiary/aromatic N) is 3. The molecule has 1 amide bonds. The monoisotopic (exact) mass is 425 g/mol. The van der Waals surface area contributed by atoms with E-state index in [0.717, 1.165) is 10.9 Å². The number of aromatic nitrogens is 1. The summed E-state index contributed by atoms with van der Waals surface area (Å²) < 4.78 is 44.8. The number of carbonyl (C=O) groups excluding carboxylic acids is 1. The maximum atomic E-state index is 13.0. The van der Waals surface area contributed by atoms with E-state index in [1.54, 1.807) is 17.8 Å². The molecule has 3 heterocycles. The third-order valence-electron chi connectivity index (χ3n) is 5.41. The third-order valence-corrected chi connectivity index (χ3v) is 6.18. The number of benzene rings is 1. The van der Waals surface area contributed by atoms with Gasteiger partial charge < -0.3 is 9.64 Å². The molecule has 2 aromatic rings. The smallest absolute Gasteiger partial charge is 0.379 e. The predicted molar refractivity (Wildman–Crippen MR) is 102 cm³/mol. The van der Waals surface area contributed by atoms with Crippen molar-refractivity contribution in [2.45, 2.75) is 25.7 Å². The normalized spacial score (nSPS) is 23.7. The topological polar surface area (TPSA) is 45.7 Å². The first-order valence-corrected chi connectivity index (χ1v) is 10.3. The molecule has 1 aromatic heterocycles. The molecule has 5 nitrogen and oxygen atoms in total. The molecule has 2 aliphatic rings. The molecule has 2 saturated heterocycles. The molecule has 0 N–H and O–H groups in total. The van der Waals surface area contributed by atoms with Gasteiger partial charge in [0.2, 0.25) is 5.91 Å². The fourth-order valence-corrected chi connectivity index (χ4v) is 4.77. The molecule has 1 spiro atoms. The molecule has 4 rings (SSSR count). The lowest BCUT2D eigenvalue weighted by Gasteiger charge is -2.31. The van der Waals surface area contributed by atoms with Crippen molar-refractivity contribution in [3.63, 3.8) is 0 Å². The van der Waals surface area contributed by atoms with Crippen LogP contribution < -0.4 is 0 Å². The molecule has 1 atom stereocenters. The zero-order valence-corrected chi connectivity index (χ0v) is 16.6. The van der Waals surface area contributed by atoms with Crippen molar-refractivity contribution in [3.05, 3.63) is 52.0 Å². The van der Waals surface area contributed by atoms with Gasteiger partial charge in [-0.05, 0) is 11.6 Å². The minimum absolute atomic E-state index is 0.0860. The number of carbonyl (C=O) groups is 1. The molecule has 1 aromatic carbocycles. The summed E-state index contributed by atoms with van der Waals surface area (Å²) in [5.41, 5.74) is 1.39. The van der Waals surface area contributed by atoms with Gasteiger partial charge in [0.15, 0.2) is 0 Å². The van der Waals surface area contributed by atoms with Crippen LogP contribution in [-0.4, -0.2) is 53.5 Å². The highest BCUT2D eigenvalue weighted by molar-refractivity contribution is 7.09. The van der Waals surface area contributed by atoms with E-state index in [2.05, 4.69) is 9.88 Å². The van der Waals surface area contributed by atoms with E-state index in [9.17, 15) is 18.0 Å². The van der Waals surface area contributed by atoms with E-state index < -0.39 is 11.7 Å². The number of amides is 1. The van der Waals surface area contributed by atoms with E-state index >= 15 is 0 Å². The summed E-state index contributed by atoms with van der Waals surface area (Å²) in [6.07, 6.45) is -2.19. The van der Waals surface area contributed by atoms with Crippen LogP contribution in [0.15, 0.2) is 36.0 Å². The summed E-state index contributed by atoms with van der Waals surface area (Å²) in [4.78, 5) is 21.7. The molecule has 0 radical (unpaired) electrons. The molecule has 0 aliphatic carbocycles. The Hall–Kier alpha value is -1.97. The number of halogens is 3. The van der Waals surface area contributed by atoms with Crippen molar-refractivity contribution in [2.75, 3.05) is 32.8 Å². The van der Waals surface area contributed by atoms with Crippen LogP contribution in [0, 0.1) is 5.41 Å². The van der Waals surface area contributed by atoms with Crippen molar-refractivity contribution < 1.29 is 22.7 Å². The number of alkyl halides is 3. The average molecular weight is 425 g/mol. The fourth-order valence-electron chi connectivity index (χ4n) is 4.16. The van der Waals surface area contributed by atoms with E-state index in [-0.39, 0.29) is 11.3 Å². The summed E-state index contributed by atoms with van der Waals surface area (Å²) in [6.45, 7) is 3.76. The highest BCUT2D eigenvalue weighted by atomic mass is 32.1. The summed E-state index contributed by atoms with van der Waals surface area (Å²) in [5.74, 6) is 0.0860. The largest absolute Gasteiger partial charge is 0.416 e. The lowest BCUT2D eigenvalue weighted by Crippen LogP contribution is -2.40. The molecular formula is C20H22F3N3O2S. The Kier molecular flexibility index (Phi) is 5.63. The predicted octanol–water partition coefficient (Wildman–Crippen LogP) is 3.41. The van der Waals surface area contributed by atoms with Gasteiger partial charge in [-0.1, -0.05) is 18.2 Å². The Morgan fingerprint density at radius 2 is 2.10 bits per heavy atom. The van der Waals surface area contributed by atoms with Gasteiger partial charge in [-0.2, -0.15) is 13.2 Å². The van der Waals surface area contributed by atoms with Crippen LogP contribution in [0.25, 0.3) is 0 Å². The van der Waals surface area contributed by atoms with Gasteiger partial charge in [-0.3, -0.25) is 14.7 Å². The second-order valence-corrected chi connectivity index (χ2v) is 8.83. The lowest BCUT2D eigenvalue weighted by molar-refractivity contribution is -0.137. The SMILES string of the molecule is O=C1C[C@]2(COCCN(Cc3cccc(C(F)(F)F)c3)C2)CN1Cc1cncs1. The highest BCUT2D eigenvalue weighted by Gasteiger charge is 2.45. The van der Waals surface area contributed by atoms with Crippen molar-refractivity contribution in [3.8, 4) is 0 Å². The second-order valence-electron chi connectivity index (χ2n) is 7.86. The number of hydrogen-bond acceptors (Lipinski definition) is 5. The summed E-state index contributed by atoms with van der Waals surface area (Å²) in [7, 11) is 0. The van der Waals surface area contributed by atoms with E-state index in [1.165, 1.54) is 23.5 Å². The lowest BCUT2D eigenvalue weighted by atomic mass is 9.87. The first-order chi connectivity index (χ1) is 13.8. The molecule has 0 unspecified atom stereocenters. The summed E-state index contributed by atoms with van der Waals surface area (Å²) in [6, 6.07) is 5.44. The molecule has 0 bridgehead atoms. The number of rotatable bonds is 4. The zero-order valence-electron chi connectivity index (χ0n) is 15.8.